The number of hydrogen-bond acceptors (Lipinski definition) is 3. The molecule has 0 unspecified atom stereocenters. The molecule has 1 amide bonds. The van der Waals surface area contributed by atoms with E-state index in [9.17, 15) is 4.79 Å². The summed E-state index contributed by atoms with van der Waals surface area (Å²) in [4.78, 5) is 12.2. The number of fused-ring (bicyclic) bond motifs is 3. The summed E-state index contributed by atoms with van der Waals surface area (Å²) < 4.78 is 5.53. The van der Waals surface area contributed by atoms with Crippen LogP contribution < -0.4 is 5.32 Å². The van der Waals surface area contributed by atoms with Crippen molar-refractivity contribution < 1.29 is 14.6 Å². The minimum absolute atomic E-state index is 0.0364. The SMILES string of the molecule is CCC[C@@H](CCO)NC(=O)OCC1c2ccccc2-c2ccccc21. The summed E-state index contributed by atoms with van der Waals surface area (Å²) in [5, 5.41) is 12.0. The van der Waals surface area contributed by atoms with Gasteiger partial charge in [-0.25, -0.2) is 4.79 Å². The lowest BCUT2D eigenvalue weighted by atomic mass is 9.98. The molecular weight excluding hydrogens is 314 g/mol. The van der Waals surface area contributed by atoms with Gasteiger partial charge in [0.2, 0.25) is 0 Å². The van der Waals surface area contributed by atoms with Crippen LogP contribution in [0.15, 0.2) is 48.5 Å². The maximum atomic E-state index is 12.2. The van der Waals surface area contributed by atoms with E-state index >= 15 is 0 Å². The molecule has 1 atom stereocenters. The van der Waals surface area contributed by atoms with Crippen LogP contribution in [-0.4, -0.2) is 30.5 Å². The molecule has 0 radical (unpaired) electrons. The predicted molar refractivity (Wildman–Crippen MR) is 98.6 cm³/mol. The summed E-state index contributed by atoms with van der Waals surface area (Å²) in [6.07, 6.45) is 1.94. The highest BCUT2D eigenvalue weighted by atomic mass is 16.5. The first-order valence-electron chi connectivity index (χ1n) is 8.97. The van der Waals surface area contributed by atoms with Crippen molar-refractivity contribution in [3.8, 4) is 11.1 Å². The van der Waals surface area contributed by atoms with Gasteiger partial charge < -0.3 is 15.2 Å². The smallest absolute Gasteiger partial charge is 0.407 e. The fraction of sp³-hybridized carbons (Fsp3) is 0.381. The van der Waals surface area contributed by atoms with Crippen molar-refractivity contribution in [2.45, 2.75) is 38.1 Å². The first-order valence-corrected chi connectivity index (χ1v) is 8.97. The number of carbonyl (C=O) groups is 1. The van der Waals surface area contributed by atoms with Crippen LogP contribution in [0.2, 0.25) is 0 Å². The van der Waals surface area contributed by atoms with Crippen LogP contribution in [0.4, 0.5) is 4.79 Å². The lowest BCUT2D eigenvalue weighted by Gasteiger charge is -2.19. The van der Waals surface area contributed by atoms with E-state index in [1.165, 1.54) is 22.3 Å². The van der Waals surface area contributed by atoms with Crippen LogP contribution in [0.5, 0.6) is 0 Å². The van der Waals surface area contributed by atoms with E-state index in [-0.39, 0.29) is 18.6 Å². The zero-order valence-electron chi connectivity index (χ0n) is 14.6. The number of benzene rings is 2. The Morgan fingerprint density at radius 1 is 1.08 bits per heavy atom. The minimum Gasteiger partial charge on any atom is -0.449 e. The largest absolute Gasteiger partial charge is 0.449 e. The fourth-order valence-corrected chi connectivity index (χ4v) is 3.60. The third-order valence-corrected chi connectivity index (χ3v) is 4.78. The van der Waals surface area contributed by atoms with Crippen LogP contribution >= 0.6 is 0 Å². The highest BCUT2D eigenvalue weighted by molar-refractivity contribution is 5.79. The van der Waals surface area contributed by atoms with Crippen LogP contribution in [0.1, 0.15) is 43.2 Å². The highest BCUT2D eigenvalue weighted by Crippen LogP contribution is 2.44. The summed E-state index contributed by atoms with van der Waals surface area (Å²) in [5.74, 6) is 0.0700. The summed E-state index contributed by atoms with van der Waals surface area (Å²) in [6.45, 7) is 2.44. The summed E-state index contributed by atoms with van der Waals surface area (Å²) in [6, 6.07) is 16.5. The Balaban J connectivity index is 1.68. The molecule has 0 heterocycles. The molecule has 0 aromatic heterocycles. The molecule has 1 aliphatic carbocycles. The number of ether oxygens (including phenoxy) is 1. The van der Waals surface area contributed by atoms with Crippen molar-refractivity contribution in [1.82, 2.24) is 5.32 Å². The van der Waals surface area contributed by atoms with Crippen molar-refractivity contribution in [3.05, 3.63) is 59.7 Å². The number of aliphatic hydroxyl groups is 1. The van der Waals surface area contributed by atoms with Gasteiger partial charge in [0.25, 0.3) is 0 Å². The number of carbonyl (C=O) groups excluding carboxylic acids is 1. The van der Waals surface area contributed by atoms with E-state index < -0.39 is 6.09 Å². The van der Waals surface area contributed by atoms with Gasteiger partial charge in [0.1, 0.15) is 6.61 Å². The molecule has 0 saturated carbocycles. The van der Waals surface area contributed by atoms with Crippen LogP contribution in [-0.2, 0) is 4.74 Å². The molecule has 4 nitrogen and oxygen atoms in total. The van der Waals surface area contributed by atoms with E-state index in [0.717, 1.165) is 12.8 Å². The molecule has 2 aromatic carbocycles. The topological polar surface area (TPSA) is 58.6 Å². The molecule has 4 heteroatoms. The van der Waals surface area contributed by atoms with Gasteiger partial charge in [0.15, 0.2) is 0 Å². The first-order chi connectivity index (χ1) is 12.2. The molecule has 132 valence electrons. The average molecular weight is 339 g/mol. The molecule has 0 aliphatic heterocycles. The maximum absolute atomic E-state index is 12.2. The third kappa shape index (κ3) is 3.85. The zero-order chi connectivity index (χ0) is 17.6. The standard InChI is InChI=1S/C21H25NO3/c1-2-7-15(12-13-23)22-21(24)25-14-20-18-10-5-3-8-16(18)17-9-4-6-11-19(17)20/h3-6,8-11,15,20,23H,2,7,12-14H2,1H3,(H,22,24)/t15-/m0/s1. The minimum atomic E-state index is -0.409. The van der Waals surface area contributed by atoms with Gasteiger partial charge in [-0.1, -0.05) is 61.9 Å². The van der Waals surface area contributed by atoms with E-state index in [0.29, 0.717) is 13.0 Å². The van der Waals surface area contributed by atoms with Gasteiger partial charge in [-0.05, 0) is 35.1 Å². The molecule has 25 heavy (non-hydrogen) atoms. The molecular formula is C21H25NO3. The summed E-state index contributed by atoms with van der Waals surface area (Å²) in [7, 11) is 0. The van der Waals surface area contributed by atoms with E-state index in [4.69, 9.17) is 9.84 Å². The molecule has 3 rings (SSSR count). The van der Waals surface area contributed by atoms with Crippen molar-refractivity contribution >= 4 is 6.09 Å². The number of hydrogen-bond donors (Lipinski definition) is 2. The van der Waals surface area contributed by atoms with Gasteiger partial charge in [-0.3, -0.25) is 0 Å². The zero-order valence-corrected chi connectivity index (χ0v) is 14.6. The Hall–Kier alpha value is -2.33. The number of amides is 1. The number of rotatable bonds is 7. The van der Waals surface area contributed by atoms with Crippen LogP contribution in [0.3, 0.4) is 0 Å². The summed E-state index contributed by atoms with van der Waals surface area (Å²) >= 11 is 0. The second kappa shape index (κ2) is 8.17. The Labute approximate surface area is 148 Å². The van der Waals surface area contributed by atoms with Gasteiger partial charge in [0, 0.05) is 18.6 Å². The van der Waals surface area contributed by atoms with Gasteiger partial charge in [0.05, 0.1) is 0 Å². The Morgan fingerprint density at radius 2 is 1.68 bits per heavy atom. The van der Waals surface area contributed by atoms with E-state index in [1.54, 1.807) is 0 Å². The molecule has 0 fully saturated rings. The molecule has 2 aromatic rings. The number of nitrogens with one attached hydrogen (secondary N) is 1. The van der Waals surface area contributed by atoms with E-state index in [1.807, 2.05) is 24.3 Å². The van der Waals surface area contributed by atoms with Crippen molar-refractivity contribution in [2.75, 3.05) is 13.2 Å². The molecule has 0 saturated heterocycles. The molecule has 1 aliphatic rings. The highest BCUT2D eigenvalue weighted by Gasteiger charge is 2.29. The van der Waals surface area contributed by atoms with Crippen molar-refractivity contribution in [1.29, 1.82) is 0 Å². The fourth-order valence-electron chi connectivity index (χ4n) is 3.60. The molecule has 0 bridgehead atoms. The maximum Gasteiger partial charge on any atom is 0.407 e. The Morgan fingerprint density at radius 3 is 2.24 bits per heavy atom. The number of alkyl carbamates (subject to hydrolysis) is 1. The average Bonchev–Trinajstić information content (AvgIpc) is 2.94. The summed E-state index contributed by atoms with van der Waals surface area (Å²) in [5.41, 5.74) is 4.85. The molecule has 2 N–H and O–H groups in total. The number of aliphatic hydroxyl groups excluding tert-OH is 1. The third-order valence-electron chi connectivity index (χ3n) is 4.78. The van der Waals surface area contributed by atoms with Crippen LogP contribution in [0, 0.1) is 0 Å². The van der Waals surface area contributed by atoms with E-state index in [2.05, 4.69) is 36.5 Å². The van der Waals surface area contributed by atoms with Gasteiger partial charge >= 0.3 is 6.09 Å². The Bertz CT molecular complexity index is 677. The second-order valence-corrected chi connectivity index (χ2v) is 6.47. The van der Waals surface area contributed by atoms with Crippen LogP contribution in [0.25, 0.3) is 11.1 Å². The lowest BCUT2D eigenvalue weighted by molar-refractivity contribution is 0.136. The molecule has 0 spiro atoms. The van der Waals surface area contributed by atoms with Crippen molar-refractivity contribution in [3.63, 3.8) is 0 Å². The quantitative estimate of drug-likeness (QED) is 0.799. The normalized spacial score (nSPS) is 13.8. The second-order valence-electron chi connectivity index (χ2n) is 6.47. The Kier molecular flexibility index (Phi) is 5.71. The lowest BCUT2D eigenvalue weighted by Crippen LogP contribution is -2.36. The van der Waals surface area contributed by atoms with Gasteiger partial charge in [-0.15, -0.1) is 0 Å². The monoisotopic (exact) mass is 339 g/mol. The first kappa shape index (κ1) is 17.5. The van der Waals surface area contributed by atoms with Crippen molar-refractivity contribution in [2.24, 2.45) is 0 Å². The predicted octanol–water partition coefficient (Wildman–Crippen LogP) is 4.08. The van der Waals surface area contributed by atoms with Gasteiger partial charge in [-0.2, -0.15) is 0 Å².